The molecular weight excluding hydrogens is 382 g/mol. The summed E-state index contributed by atoms with van der Waals surface area (Å²) in [5.41, 5.74) is 0.0544. The molecule has 4 aliphatic heterocycles. The molecule has 3 saturated heterocycles. The molecule has 0 spiro atoms. The van der Waals surface area contributed by atoms with Crippen LogP contribution in [0.5, 0.6) is 0 Å². The number of amides is 2. The summed E-state index contributed by atoms with van der Waals surface area (Å²) >= 11 is 1.48. The van der Waals surface area contributed by atoms with Gasteiger partial charge in [-0.1, -0.05) is 6.92 Å². The Balaban J connectivity index is 1.47. The van der Waals surface area contributed by atoms with Gasteiger partial charge in [0.05, 0.1) is 24.1 Å². The Bertz CT molecular complexity index is 733. The highest BCUT2D eigenvalue weighted by atomic mass is 32.2. The molecule has 8 nitrogen and oxygen atoms in total. The highest BCUT2D eigenvalue weighted by Crippen LogP contribution is 2.51. The first-order chi connectivity index (χ1) is 13.3. The summed E-state index contributed by atoms with van der Waals surface area (Å²) < 4.78 is 0. The molecule has 4 rings (SSSR count). The van der Waals surface area contributed by atoms with E-state index in [0.717, 1.165) is 25.9 Å². The number of rotatable bonds is 5. The summed E-state index contributed by atoms with van der Waals surface area (Å²) in [5, 5.41) is 23.0. The first kappa shape index (κ1) is 19.7. The quantitative estimate of drug-likeness (QED) is 0.558. The predicted octanol–water partition coefficient (Wildman–Crippen LogP) is 0.226. The molecule has 3 N–H and O–H groups in total. The van der Waals surface area contributed by atoms with Gasteiger partial charge in [-0.3, -0.25) is 9.59 Å². The van der Waals surface area contributed by atoms with Crippen molar-refractivity contribution < 1.29 is 24.6 Å². The number of hydrogen-bond donors (Lipinski definition) is 3. The van der Waals surface area contributed by atoms with Gasteiger partial charge in [0.25, 0.3) is 0 Å². The molecule has 0 aliphatic carbocycles. The summed E-state index contributed by atoms with van der Waals surface area (Å²) in [6, 6.07) is -0.512. The van der Waals surface area contributed by atoms with Gasteiger partial charge in [-0.2, -0.15) is 0 Å². The fourth-order valence-electron chi connectivity index (χ4n) is 5.00. The zero-order valence-electron chi connectivity index (χ0n) is 16.1. The standard InChI is InChI=1S/C19H27N3O5S/c1-9-14-13(10(2)23)18(25)22(14)15(19(26)27)16(9)28-11-7-12(20-8-11)17(24)21-5-3-4-6-21/h9-14,20,23H,3-8H2,1-2H3,(H,26,27). The molecule has 154 valence electrons. The second-order valence-corrected chi connectivity index (χ2v) is 9.58. The fourth-order valence-corrected chi connectivity index (χ4v) is 6.48. The number of aliphatic hydroxyl groups is 1. The largest absolute Gasteiger partial charge is 0.477 e. The summed E-state index contributed by atoms with van der Waals surface area (Å²) in [5.74, 6) is -1.97. The number of carbonyl (C=O) groups excluding carboxylic acids is 2. The smallest absolute Gasteiger partial charge is 0.353 e. The number of aliphatic carboxylic acids is 1. The molecule has 4 aliphatic rings. The maximum atomic E-state index is 12.6. The summed E-state index contributed by atoms with van der Waals surface area (Å²) in [4.78, 5) is 40.9. The second-order valence-electron chi connectivity index (χ2n) is 8.24. The van der Waals surface area contributed by atoms with Crippen molar-refractivity contribution in [2.24, 2.45) is 11.8 Å². The maximum Gasteiger partial charge on any atom is 0.353 e. The Kier molecular flexibility index (Phi) is 5.18. The lowest BCUT2D eigenvalue weighted by Gasteiger charge is -2.46. The number of fused-ring (bicyclic) bond motifs is 1. The number of hydrogen-bond acceptors (Lipinski definition) is 6. The zero-order valence-corrected chi connectivity index (χ0v) is 16.9. The SMILES string of the molecule is CC(O)C1C(=O)N2C(C(=O)O)=C(SC3CNC(C(=O)N4CCCC4)C3)C(C)C12. The van der Waals surface area contributed by atoms with Gasteiger partial charge < -0.3 is 25.3 Å². The third-order valence-corrected chi connectivity index (χ3v) is 7.92. The lowest BCUT2D eigenvalue weighted by Crippen LogP contribution is -2.63. The van der Waals surface area contributed by atoms with Crippen LogP contribution in [0.25, 0.3) is 0 Å². The van der Waals surface area contributed by atoms with Crippen LogP contribution in [-0.2, 0) is 14.4 Å². The molecule has 0 aromatic rings. The highest BCUT2D eigenvalue weighted by molar-refractivity contribution is 8.03. The molecule has 0 bridgehead atoms. The zero-order chi connectivity index (χ0) is 20.2. The van der Waals surface area contributed by atoms with Crippen molar-refractivity contribution in [3.05, 3.63) is 10.6 Å². The van der Waals surface area contributed by atoms with Crippen LogP contribution >= 0.6 is 11.8 Å². The van der Waals surface area contributed by atoms with Crippen molar-refractivity contribution in [2.45, 2.75) is 56.5 Å². The lowest BCUT2D eigenvalue weighted by atomic mass is 9.79. The van der Waals surface area contributed by atoms with E-state index in [-0.39, 0.29) is 40.8 Å². The molecule has 2 amide bonds. The van der Waals surface area contributed by atoms with Crippen LogP contribution in [-0.4, -0.2) is 80.9 Å². The minimum absolute atomic E-state index is 0.0544. The van der Waals surface area contributed by atoms with Gasteiger partial charge >= 0.3 is 5.97 Å². The Labute approximate surface area is 168 Å². The fraction of sp³-hybridized carbons (Fsp3) is 0.737. The first-order valence-corrected chi connectivity index (χ1v) is 10.9. The van der Waals surface area contributed by atoms with E-state index >= 15 is 0 Å². The molecule has 0 aromatic carbocycles. The Morgan fingerprint density at radius 1 is 1.29 bits per heavy atom. The molecule has 0 radical (unpaired) electrons. The van der Waals surface area contributed by atoms with Crippen molar-refractivity contribution in [3.63, 3.8) is 0 Å². The number of aliphatic hydroxyl groups excluding tert-OH is 1. The number of likely N-dealkylation sites (tertiary alicyclic amines) is 1. The van der Waals surface area contributed by atoms with Crippen molar-refractivity contribution in [2.75, 3.05) is 19.6 Å². The van der Waals surface area contributed by atoms with E-state index in [4.69, 9.17) is 0 Å². The van der Waals surface area contributed by atoms with Crippen molar-refractivity contribution >= 4 is 29.5 Å². The number of carbonyl (C=O) groups is 3. The van der Waals surface area contributed by atoms with Crippen LogP contribution in [0, 0.1) is 11.8 Å². The van der Waals surface area contributed by atoms with E-state index in [9.17, 15) is 24.6 Å². The van der Waals surface area contributed by atoms with Crippen LogP contribution in [0.4, 0.5) is 0 Å². The predicted molar refractivity (Wildman–Crippen MR) is 103 cm³/mol. The van der Waals surface area contributed by atoms with Crippen LogP contribution in [0.1, 0.15) is 33.1 Å². The van der Waals surface area contributed by atoms with Gasteiger partial charge in [-0.05, 0) is 26.2 Å². The maximum absolute atomic E-state index is 12.6. The van der Waals surface area contributed by atoms with Gasteiger partial charge in [0.15, 0.2) is 0 Å². The first-order valence-electron chi connectivity index (χ1n) is 9.98. The number of carboxylic acids is 1. The molecule has 0 aromatic heterocycles. The molecule has 3 fully saturated rings. The van der Waals surface area contributed by atoms with Crippen LogP contribution in [0.15, 0.2) is 10.6 Å². The van der Waals surface area contributed by atoms with Crippen LogP contribution < -0.4 is 5.32 Å². The Hall–Kier alpha value is -1.58. The monoisotopic (exact) mass is 409 g/mol. The summed E-state index contributed by atoms with van der Waals surface area (Å²) in [6.45, 7) is 5.77. The second kappa shape index (κ2) is 7.35. The third-order valence-electron chi connectivity index (χ3n) is 6.41. The number of nitrogens with one attached hydrogen (secondary N) is 1. The number of β-lactam (4-membered cyclic amide) rings is 1. The third kappa shape index (κ3) is 3.04. The molecule has 9 heteroatoms. The average Bonchev–Trinajstić information content (AvgIpc) is 3.35. The molecule has 6 unspecified atom stereocenters. The normalized spacial score (nSPS) is 36.0. The van der Waals surface area contributed by atoms with E-state index in [1.807, 2.05) is 11.8 Å². The molecular formula is C19H27N3O5S. The van der Waals surface area contributed by atoms with Crippen molar-refractivity contribution in [1.29, 1.82) is 0 Å². The number of thioether (sulfide) groups is 1. The topological polar surface area (TPSA) is 110 Å². The van der Waals surface area contributed by atoms with Gasteiger partial charge in [0, 0.05) is 35.7 Å². The van der Waals surface area contributed by atoms with Crippen LogP contribution in [0.3, 0.4) is 0 Å². The van der Waals surface area contributed by atoms with Gasteiger partial charge in [-0.25, -0.2) is 4.79 Å². The number of carboxylic acid groups (broad SMARTS) is 1. The van der Waals surface area contributed by atoms with Gasteiger partial charge in [0.1, 0.15) is 5.70 Å². The number of nitrogens with zero attached hydrogens (tertiary/aromatic N) is 2. The van der Waals surface area contributed by atoms with E-state index in [0.29, 0.717) is 17.9 Å². The Morgan fingerprint density at radius 2 is 1.96 bits per heavy atom. The highest BCUT2D eigenvalue weighted by Gasteiger charge is 2.60. The molecule has 4 heterocycles. The summed E-state index contributed by atoms with van der Waals surface area (Å²) in [6.07, 6.45) is 1.96. The van der Waals surface area contributed by atoms with E-state index in [2.05, 4.69) is 5.32 Å². The molecule has 6 atom stereocenters. The van der Waals surface area contributed by atoms with E-state index in [1.54, 1.807) is 6.92 Å². The lowest BCUT2D eigenvalue weighted by molar-refractivity contribution is -0.163. The summed E-state index contributed by atoms with van der Waals surface area (Å²) in [7, 11) is 0. The van der Waals surface area contributed by atoms with Crippen LogP contribution in [0.2, 0.25) is 0 Å². The molecule has 28 heavy (non-hydrogen) atoms. The minimum atomic E-state index is -1.11. The minimum Gasteiger partial charge on any atom is -0.477 e. The van der Waals surface area contributed by atoms with Crippen molar-refractivity contribution in [3.8, 4) is 0 Å². The van der Waals surface area contributed by atoms with Gasteiger partial charge in [-0.15, -0.1) is 11.8 Å². The van der Waals surface area contributed by atoms with E-state index in [1.165, 1.54) is 16.7 Å². The van der Waals surface area contributed by atoms with Crippen molar-refractivity contribution in [1.82, 2.24) is 15.1 Å². The van der Waals surface area contributed by atoms with E-state index < -0.39 is 18.0 Å². The molecule has 0 saturated carbocycles. The van der Waals surface area contributed by atoms with Gasteiger partial charge in [0.2, 0.25) is 11.8 Å². The average molecular weight is 410 g/mol. The Morgan fingerprint density at radius 3 is 2.57 bits per heavy atom.